The van der Waals surface area contributed by atoms with E-state index in [1.807, 2.05) is 39.8 Å². The van der Waals surface area contributed by atoms with E-state index < -0.39 is 0 Å². The first kappa shape index (κ1) is 11.1. The smallest absolute Gasteiger partial charge is 0.0820 e. The Morgan fingerprint density at radius 2 is 1.78 bits per heavy atom. The summed E-state index contributed by atoms with van der Waals surface area (Å²) in [5, 5.41) is 8.25. The Labute approximate surface area is 57.7 Å². The van der Waals surface area contributed by atoms with Crippen molar-refractivity contribution in [3.63, 3.8) is 0 Å². The van der Waals surface area contributed by atoms with Gasteiger partial charge in [0.2, 0.25) is 0 Å². The molecule has 0 radical (unpaired) electrons. The molecule has 1 nitrogen and oxygen atoms in total. The minimum atomic E-state index is 0.877. The maximum atomic E-state index is 8.25. The SMILES string of the molecule is C/C=C\C(C)=C/O.CC. The third kappa shape index (κ3) is 11.1. The van der Waals surface area contributed by atoms with Crippen LogP contribution in [0.15, 0.2) is 24.0 Å². The second kappa shape index (κ2) is 10.3. The van der Waals surface area contributed by atoms with E-state index in [0.717, 1.165) is 11.8 Å². The summed E-state index contributed by atoms with van der Waals surface area (Å²) in [7, 11) is 0. The van der Waals surface area contributed by atoms with E-state index in [4.69, 9.17) is 5.11 Å². The van der Waals surface area contributed by atoms with Crippen molar-refractivity contribution in [3.05, 3.63) is 24.0 Å². The highest BCUT2D eigenvalue weighted by Crippen LogP contribution is 1.89. The van der Waals surface area contributed by atoms with Crippen molar-refractivity contribution in [1.29, 1.82) is 0 Å². The molecule has 0 amide bonds. The Bertz CT molecular complexity index is 90.7. The summed E-state index contributed by atoms with van der Waals surface area (Å²) in [5.74, 6) is 0. The molecule has 0 aromatic heterocycles. The fourth-order valence-electron chi connectivity index (χ4n) is 0.306. The Balaban J connectivity index is 0. The Kier molecular flexibility index (Phi) is 12.7. The van der Waals surface area contributed by atoms with Gasteiger partial charge in [-0.05, 0) is 19.4 Å². The highest BCUT2D eigenvalue weighted by Gasteiger charge is 1.71. The molecule has 0 fully saturated rings. The zero-order chi connectivity index (χ0) is 7.70. The molecule has 0 spiro atoms. The number of allylic oxidation sites excluding steroid dienone is 3. The van der Waals surface area contributed by atoms with Crippen LogP contribution in [0.4, 0.5) is 0 Å². The molecule has 0 atom stereocenters. The van der Waals surface area contributed by atoms with E-state index in [2.05, 4.69) is 0 Å². The molecule has 0 aromatic carbocycles. The van der Waals surface area contributed by atoms with Gasteiger partial charge in [0.05, 0.1) is 6.26 Å². The highest BCUT2D eigenvalue weighted by atomic mass is 16.2. The maximum Gasteiger partial charge on any atom is 0.0820 e. The summed E-state index contributed by atoms with van der Waals surface area (Å²) in [5.41, 5.74) is 0.877. The van der Waals surface area contributed by atoms with E-state index in [9.17, 15) is 0 Å². The Hall–Kier alpha value is -0.720. The fraction of sp³-hybridized carbons (Fsp3) is 0.500. The first-order valence-electron chi connectivity index (χ1n) is 3.25. The maximum absolute atomic E-state index is 8.25. The van der Waals surface area contributed by atoms with Crippen molar-refractivity contribution in [3.8, 4) is 0 Å². The quantitative estimate of drug-likeness (QED) is 0.425. The van der Waals surface area contributed by atoms with Crippen LogP contribution in [-0.2, 0) is 0 Å². The molecule has 0 aliphatic rings. The van der Waals surface area contributed by atoms with Gasteiger partial charge in [0.15, 0.2) is 0 Å². The van der Waals surface area contributed by atoms with Gasteiger partial charge in [-0.3, -0.25) is 0 Å². The van der Waals surface area contributed by atoms with Crippen LogP contribution in [0.3, 0.4) is 0 Å². The van der Waals surface area contributed by atoms with E-state index in [-0.39, 0.29) is 0 Å². The Morgan fingerprint density at radius 1 is 1.33 bits per heavy atom. The van der Waals surface area contributed by atoms with Crippen LogP contribution in [0.2, 0.25) is 0 Å². The summed E-state index contributed by atoms with van der Waals surface area (Å²) in [4.78, 5) is 0. The van der Waals surface area contributed by atoms with Crippen LogP contribution >= 0.6 is 0 Å². The topological polar surface area (TPSA) is 20.2 Å². The molecule has 0 aromatic rings. The highest BCUT2D eigenvalue weighted by molar-refractivity contribution is 5.11. The predicted molar refractivity (Wildman–Crippen MR) is 42.5 cm³/mol. The second-order valence-electron chi connectivity index (χ2n) is 1.37. The molecular formula is C8H16O. The molecule has 0 saturated heterocycles. The largest absolute Gasteiger partial charge is 0.515 e. The molecule has 9 heavy (non-hydrogen) atoms. The molecule has 54 valence electrons. The minimum Gasteiger partial charge on any atom is -0.515 e. The molecule has 0 bridgehead atoms. The lowest BCUT2D eigenvalue weighted by Crippen LogP contribution is -1.62. The van der Waals surface area contributed by atoms with Gasteiger partial charge in [-0.1, -0.05) is 26.0 Å². The van der Waals surface area contributed by atoms with Gasteiger partial charge in [0.25, 0.3) is 0 Å². The van der Waals surface area contributed by atoms with Crippen LogP contribution in [0.1, 0.15) is 27.7 Å². The first-order valence-corrected chi connectivity index (χ1v) is 3.25. The van der Waals surface area contributed by atoms with Crippen molar-refractivity contribution >= 4 is 0 Å². The van der Waals surface area contributed by atoms with Gasteiger partial charge >= 0.3 is 0 Å². The summed E-state index contributed by atoms with van der Waals surface area (Å²) in [6.07, 6.45) is 4.79. The van der Waals surface area contributed by atoms with Gasteiger partial charge in [-0.15, -0.1) is 0 Å². The average molecular weight is 128 g/mol. The van der Waals surface area contributed by atoms with Crippen molar-refractivity contribution < 1.29 is 5.11 Å². The summed E-state index contributed by atoms with van der Waals surface area (Å²) >= 11 is 0. The normalized spacial score (nSPS) is 10.9. The molecule has 1 N–H and O–H groups in total. The van der Waals surface area contributed by atoms with Gasteiger partial charge in [-0.25, -0.2) is 0 Å². The average Bonchev–Trinajstić information content (AvgIpc) is 1.93. The predicted octanol–water partition coefficient (Wildman–Crippen LogP) is 3.05. The molecule has 0 aliphatic carbocycles. The van der Waals surface area contributed by atoms with Gasteiger partial charge < -0.3 is 5.11 Å². The van der Waals surface area contributed by atoms with Crippen molar-refractivity contribution in [2.45, 2.75) is 27.7 Å². The lowest BCUT2D eigenvalue weighted by atomic mass is 10.3. The second-order valence-corrected chi connectivity index (χ2v) is 1.37. The molecule has 0 aliphatic heterocycles. The lowest BCUT2D eigenvalue weighted by Gasteiger charge is -1.80. The number of hydrogen-bond acceptors (Lipinski definition) is 1. The van der Waals surface area contributed by atoms with E-state index in [1.165, 1.54) is 0 Å². The van der Waals surface area contributed by atoms with Crippen molar-refractivity contribution in [2.75, 3.05) is 0 Å². The van der Waals surface area contributed by atoms with E-state index in [1.54, 1.807) is 0 Å². The zero-order valence-electron chi connectivity index (χ0n) is 6.68. The van der Waals surface area contributed by atoms with E-state index in [0.29, 0.717) is 0 Å². The molecule has 0 saturated carbocycles. The molecule has 0 rings (SSSR count). The van der Waals surface area contributed by atoms with Crippen molar-refractivity contribution in [1.82, 2.24) is 0 Å². The first-order chi connectivity index (χ1) is 4.31. The number of rotatable bonds is 1. The molecule has 1 heteroatoms. The number of aliphatic hydroxyl groups excluding tert-OH is 1. The fourth-order valence-corrected chi connectivity index (χ4v) is 0.306. The third-order valence-electron chi connectivity index (χ3n) is 0.633. The molecular weight excluding hydrogens is 112 g/mol. The molecule has 0 heterocycles. The van der Waals surface area contributed by atoms with Gasteiger partial charge in [-0.2, -0.15) is 0 Å². The zero-order valence-corrected chi connectivity index (χ0v) is 6.68. The van der Waals surface area contributed by atoms with E-state index >= 15 is 0 Å². The minimum absolute atomic E-state index is 0.877. The van der Waals surface area contributed by atoms with Crippen LogP contribution in [-0.4, -0.2) is 5.11 Å². The summed E-state index contributed by atoms with van der Waals surface area (Å²) in [6.45, 7) is 7.74. The lowest BCUT2D eigenvalue weighted by molar-refractivity contribution is 0.469. The summed E-state index contributed by atoms with van der Waals surface area (Å²) in [6, 6.07) is 0. The van der Waals surface area contributed by atoms with Crippen LogP contribution in [0.25, 0.3) is 0 Å². The monoisotopic (exact) mass is 128 g/mol. The van der Waals surface area contributed by atoms with Crippen LogP contribution < -0.4 is 0 Å². The Morgan fingerprint density at radius 3 is 1.89 bits per heavy atom. The van der Waals surface area contributed by atoms with Crippen molar-refractivity contribution in [2.24, 2.45) is 0 Å². The number of aliphatic hydroxyl groups is 1. The third-order valence-corrected chi connectivity index (χ3v) is 0.633. The summed E-state index contributed by atoms with van der Waals surface area (Å²) < 4.78 is 0. The van der Waals surface area contributed by atoms with Gasteiger partial charge in [0.1, 0.15) is 0 Å². The van der Waals surface area contributed by atoms with Crippen LogP contribution in [0, 0.1) is 0 Å². The molecule has 0 unspecified atom stereocenters. The van der Waals surface area contributed by atoms with Crippen LogP contribution in [0.5, 0.6) is 0 Å². The number of hydrogen-bond donors (Lipinski definition) is 1. The van der Waals surface area contributed by atoms with Gasteiger partial charge in [0, 0.05) is 0 Å². The standard InChI is InChI=1S/C6H10O.C2H6/c1-3-4-6(2)5-7;1-2/h3-5,7H,1-2H3;1-2H3/b4-3-,6-5-;.